The summed E-state index contributed by atoms with van der Waals surface area (Å²) in [6.45, 7) is 3.52. The van der Waals surface area contributed by atoms with Crippen molar-refractivity contribution in [1.29, 1.82) is 5.26 Å². The first-order valence-corrected chi connectivity index (χ1v) is 5.76. The number of esters is 1. The van der Waals surface area contributed by atoms with Crippen LogP contribution < -0.4 is 0 Å². The zero-order valence-corrected chi connectivity index (χ0v) is 10.5. The van der Waals surface area contributed by atoms with Crippen LogP contribution in [0.4, 0.5) is 0 Å². The van der Waals surface area contributed by atoms with E-state index < -0.39 is 11.9 Å². The van der Waals surface area contributed by atoms with Crippen LogP contribution in [0.5, 0.6) is 0 Å². The number of carbonyl (C=O) groups is 2. The maximum absolute atomic E-state index is 11.8. The number of rotatable bonds is 5. The van der Waals surface area contributed by atoms with Gasteiger partial charge in [0.05, 0.1) is 18.2 Å². The molecule has 18 heavy (non-hydrogen) atoms. The molecule has 1 aromatic rings. The van der Waals surface area contributed by atoms with Gasteiger partial charge in [-0.15, -0.1) is 0 Å². The van der Waals surface area contributed by atoms with E-state index in [1.807, 2.05) is 6.07 Å². The van der Waals surface area contributed by atoms with E-state index in [0.717, 1.165) is 5.56 Å². The molecular weight excluding hydrogens is 230 g/mol. The molecule has 0 aliphatic heterocycles. The number of nitrogens with zero attached hydrogens (tertiary/aromatic N) is 1. The van der Waals surface area contributed by atoms with Crippen molar-refractivity contribution in [2.45, 2.75) is 20.3 Å². The van der Waals surface area contributed by atoms with Gasteiger partial charge in [0.2, 0.25) is 0 Å². The van der Waals surface area contributed by atoms with Crippen LogP contribution in [0.2, 0.25) is 0 Å². The first kappa shape index (κ1) is 13.9. The molecule has 0 fully saturated rings. The van der Waals surface area contributed by atoms with E-state index >= 15 is 0 Å². The second-order valence-corrected chi connectivity index (χ2v) is 3.93. The van der Waals surface area contributed by atoms with Crippen molar-refractivity contribution in [1.82, 2.24) is 0 Å². The van der Waals surface area contributed by atoms with Crippen LogP contribution in [-0.4, -0.2) is 18.4 Å². The number of nitriles is 1. The second kappa shape index (κ2) is 6.55. The summed E-state index contributed by atoms with van der Waals surface area (Å²) in [5.41, 5.74) is 1.33. The Kier molecular flexibility index (Phi) is 5.06. The summed E-state index contributed by atoms with van der Waals surface area (Å²) in [6, 6.07) is 8.74. The average molecular weight is 245 g/mol. The summed E-state index contributed by atoms with van der Waals surface area (Å²) in [7, 11) is 0. The van der Waals surface area contributed by atoms with Gasteiger partial charge in [-0.05, 0) is 31.5 Å². The molecule has 0 heterocycles. The number of Topliss-reactive ketones (excluding diaryl/α,β-unsaturated/α-hetero) is 1. The van der Waals surface area contributed by atoms with Gasteiger partial charge in [-0.25, -0.2) is 0 Å². The van der Waals surface area contributed by atoms with Crippen LogP contribution >= 0.6 is 0 Å². The lowest BCUT2D eigenvalue weighted by molar-refractivity contribution is -0.150. The van der Waals surface area contributed by atoms with Gasteiger partial charge in [-0.2, -0.15) is 5.26 Å². The number of hydrogen-bond donors (Lipinski definition) is 0. The van der Waals surface area contributed by atoms with Crippen LogP contribution in [0.15, 0.2) is 24.3 Å². The molecule has 0 bridgehead atoms. The zero-order valence-electron chi connectivity index (χ0n) is 10.5. The third-order valence-electron chi connectivity index (χ3n) is 2.58. The van der Waals surface area contributed by atoms with Crippen molar-refractivity contribution in [2.24, 2.45) is 5.92 Å². The summed E-state index contributed by atoms with van der Waals surface area (Å²) in [4.78, 5) is 23.2. The molecule has 94 valence electrons. The zero-order chi connectivity index (χ0) is 13.5. The summed E-state index contributed by atoms with van der Waals surface area (Å²) in [5, 5.41) is 8.65. The Morgan fingerprint density at radius 2 is 1.94 bits per heavy atom. The Morgan fingerprint density at radius 1 is 1.33 bits per heavy atom. The predicted molar refractivity (Wildman–Crippen MR) is 65.7 cm³/mol. The van der Waals surface area contributed by atoms with Gasteiger partial charge < -0.3 is 4.74 Å². The molecule has 0 amide bonds. The van der Waals surface area contributed by atoms with Crippen molar-refractivity contribution in [3.63, 3.8) is 0 Å². The van der Waals surface area contributed by atoms with E-state index in [-0.39, 0.29) is 18.8 Å². The minimum absolute atomic E-state index is 0.172. The Bertz CT molecular complexity index is 471. The third-order valence-corrected chi connectivity index (χ3v) is 2.58. The topological polar surface area (TPSA) is 67.2 Å². The van der Waals surface area contributed by atoms with Crippen molar-refractivity contribution < 1.29 is 14.3 Å². The Morgan fingerprint density at radius 3 is 2.44 bits per heavy atom. The molecule has 0 saturated heterocycles. The minimum atomic E-state index is -0.749. The lowest BCUT2D eigenvalue weighted by Gasteiger charge is -2.09. The molecule has 0 aliphatic rings. The van der Waals surface area contributed by atoms with E-state index in [1.54, 1.807) is 38.1 Å². The molecule has 0 N–H and O–H groups in total. The van der Waals surface area contributed by atoms with Crippen LogP contribution in [0.25, 0.3) is 0 Å². The Balaban J connectivity index is 2.64. The van der Waals surface area contributed by atoms with E-state index in [9.17, 15) is 9.59 Å². The van der Waals surface area contributed by atoms with E-state index in [1.165, 1.54) is 0 Å². The summed E-state index contributed by atoms with van der Waals surface area (Å²) in [5.74, 6) is -1.42. The van der Waals surface area contributed by atoms with Gasteiger partial charge in [0.25, 0.3) is 0 Å². The predicted octanol–water partition coefficient (Wildman–Crippen LogP) is 1.87. The molecule has 0 unspecified atom stereocenters. The second-order valence-electron chi connectivity index (χ2n) is 3.93. The highest BCUT2D eigenvalue weighted by Gasteiger charge is 2.22. The fourth-order valence-corrected chi connectivity index (χ4v) is 1.45. The van der Waals surface area contributed by atoms with Gasteiger partial charge in [-0.1, -0.05) is 12.1 Å². The van der Waals surface area contributed by atoms with Crippen LogP contribution in [-0.2, 0) is 20.7 Å². The number of benzene rings is 1. The van der Waals surface area contributed by atoms with Gasteiger partial charge in [0.1, 0.15) is 5.92 Å². The standard InChI is InChI=1S/C14H15NO3/c1-3-18-14(17)10(2)13(16)8-11-4-6-12(9-15)7-5-11/h4-7,10H,3,8H2,1-2H3/t10-/m1/s1. The van der Waals surface area contributed by atoms with Gasteiger partial charge >= 0.3 is 5.97 Å². The van der Waals surface area contributed by atoms with Crippen LogP contribution in [0.1, 0.15) is 25.0 Å². The lowest BCUT2D eigenvalue weighted by Crippen LogP contribution is -2.24. The summed E-state index contributed by atoms with van der Waals surface area (Å²) >= 11 is 0. The fourth-order valence-electron chi connectivity index (χ4n) is 1.45. The SMILES string of the molecule is CCOC(=O)[C@H](C)C(=O)Cc1ccc(C#N)cc1. The molecule has 0 aromatic heterocycles. The molecular formula is C14H15NO3. The van der Waals surface area contributed by atoms with Crippen molar-refractivity contribution in [3.8, 4) is 6.07 Å². The molecule has 1 aromatic carbocycles. The van der Waals surface area contributed by atoms with E-state index in [2.05, 4.69) is 0 Å². The number of hydrogen-bond acceptors (Lipinski definition) is 4. The fraction of sp³-hybridized carbons (Fsp3) is 0.357. The maximum Gasteiger partial charge on any atom is 0.316 e. The maximum atomic E-state index is 11.8. The first-order chi connectivity index (χ1) is 8.58. The van der Waals surface area contributed by atoms with Gasteiger partial charge in [0, 0.05) is 6.42 Å². The Hall–Kier alpha value is -2.15. The molecule has 4 heteroatoms. The number of carbonyl (C=O) groups excluding carboxylic acids is 2. The molecule has 1 atom stereocenters. The van der Waals surface area contributed by atoms with E-state index in [0.29, 0.717) is 5.56 Å². The third kappa shape index (κ3) is 3.70. The highest BCUT2D eigenvalue weighted by atomic mass is 16.5. The van der Waals surface area contributed by atoms with Crippen LogP contribution in [0.3, 0.4) is 0 Å². The van der Waals surface area contributed by atoms with Gasteiger partial charge in [0.15, 0.2) is 5.78 Å². The van der Waals surface area contributed by atoms with Crippen molar-refractivity contribution in [3.05, 3.63) is 35.4 Å². The quantitative estimate of drug-likeness (QED) is 0.586. The lowest BCUT2D eigenvalue weighted by atomic mass is 9.99. The normalized spacial score (nSPS) is 11.4. The summed E-state index contributed by atoms with van der Waals surface area (Å²) in [6.07, 6.45) is 0.172. The molecule has 0 aliphatic carbocycles. The van der Waals surface area contributed by atoms with E-state index in [4.69, 9.17) is 10.00 Å². The Labute approximate surface area is 106 Å². The minimum Gasteiger partial charge on any atom is -0.465 e. The van der Waals surface area contributed by atoms with Gasteiger partial charge in [-0.3, -0.25) is 9.59 Å². The highest BCUT2D eigenvalue weighted by molar-refractivity contribution is 5.99. The molecule has 4 nitrogen and oxygen atoms in total. The molecule has 0 radical (unpaired) electrons. The summed E-state index contributed by atoms with van der Waals surface area (Å²) < 4.78 is 4.80. The van der Waals surface area contributed by atoms with Crippen molar-refractivity contribution >= 4 is 11.8 Å². The molecule has 0 saturated carbocycles. The average Bonchev–Trinajstić information content (AvgIpc) is 2.39. The molecule has 1 rings (SSSR count). The first-order valence-electron chi connectivity index (χ1n) is 5.76. The smallest absolute Gasteiger partial charge is 0.316 e. The highest BCUT2D eigenvalue weighted by Crippen LogP contribution is 2.09. The van der Waals surface area contributed by atoms with Crippen molar-refractivity contribution in [2.75, 3.05) is 6.61 Å². The number of ether oxygens (including phenoxy) is 1. The molecule has 0 spiro atoms. The monoisotopic (exact) mass is 245 g/mol. The van der Waals surface area contributed by atoms with Crippen LogP contribution in [0, 0.1) is 17.2 Å². The number of ketones is 1. The largest absolute Gasteiger partial charge is 0.465 e.